The summed E-state index contributed by atoms with van der Waals surface area (Å²) in [6, 6.07) is 23.7. The molecule has 0 aromatic heterocycles. The maximum atomic E-state index is 13.9. The number of rotatable bonds is 9. The van der Waals surface area contributed by atoms with Crippen molar-refractivity contribution in [3.05, 3.63) is 102 Å². The van der Waals surface area contributed by atoms with Gasteiger partial charge in [-0.2, -0.15) is 0 Å². The Bertz CT molecular complexity index is 1450. The van der Waals surface area contributed by atoms with E-state index < -0.39 is 34.4 Å². The van der Waals surface area contributed by atoms with Gasteiger partial charge >= 0.3 is 0 Å². The van der Waals surface area contributed by atoms with E-state index in [1.807, 2.05) is 60.7 Å². The number of nitrogens with zero attached hydrogens (tertiary/aromatic N) is 2. The lowest BCUT2D eigenvalue weighted by molar-refractivity contribution is -0.141. The van der Waals surface area contributed by atoms with Crippen LogP contribution in [0.3, 0.4) is 0 Å². The van der Waals surface area contributed by atoms with Crippen LogP contribution in [0.5, 0.6) is 0 Å². The summed E-state index contributed by atoms with van der Waals surface area (Å²) >= 11 is 0. The lowest BCUT2D eigenvalue weighted by Crippen LogP contribution is -2.54. The fourth-order valence-electron chi connectivity index (χ4n) is 5.30. The summed E-state index contributed by atoms with van der Waals surface area (Å²) in [5, 5.41) is 3.12. The Balaban J connectivity index is 1.48. The monoisotopic (exact) mass is 545 g/mol. The van der Waals surface area contributed by atoms with Gasteiger partial charge in [-0.1, -0.05) is 85.6 Å². The molecule has 0 saturated heterocycles. The summed E-state index contributed by atoms with van der Waals surface area (Å²) < 4.78 is 27.0. The molecule has 0 bridgehead atoms. The van der Waals surface area contributed by atoms with Crippen molar-refractivity contribution in [1.29, 1.82) is 0 Å². The zero-order valence-electron chi connectivity index (χ0n) is 21.5. The van der Waals surface area contributed by atoms with E-state index in [2.05, 4.69) is 5.32 Å². The Labute approximate surface area is 228 Å². The molecule has 1 N–H and O–H groups in total. The van der Waals surface area contributed by atoms with Crippen LogP contribution in [0.25, 0.3) is 0 Å². The second-order valence-electron chi connectivity index (χ2n) is 10.0. The fraction of sp³-hybridized carbons (Fsp3) is 0.300. The summed E-state index contributed by atoms with van der Waals surface area (Å²) in [6.45, 7) is -0.602. The number of hydrogen-bond acceptors (Lipinski definition) is 5. The minimum Gasteiger partial charge on any atom is -0.352 e. The maximum Gasteiger partial charge on any atom is 0.269 e. The van der Waals surface area contributed by atoms with Crippen molar-refractivity contribution in [2.45, 2.75) is 55.6 Å². The zero-order valence-corrected chi connectivity index (χ0v) is 22.3. The first-order valence-corrected chi connectivity index (χ1v) is 14.6. The van der Waals surface area contributed by atoms with Gasteiger partial charge in [-0.05, 0) is 36.1 Å². The van der Waals surface area contributed by atoms with Crippen molar-refractivity contribution in [1.82, 2.24) is 14.5 Å². The predicted molar refractivity (Wildman–Crippen MR) is 146 cm³/mol. The Morgan fingerprint density at radius 1 is 0.872 bits per heavy atom. The third-order valence-corrected chi connectivity index (χ3v) is 9.15. The Hall–Kier alpha value is -3.98. The molecule has 0 radical (unpaired) electrons. The van der Waals surface area contributed by atoms with Crippen LogP contribution in [-0.2, 0) is 32.6 Å². The second kappa shape index (κ2) is 11.4. The molecule has 2 aliphatic rings. The number of carbonyl (C=O) groups is 3. The molecular weight excluding hydrogens is 514 g/mol. The van der Waals surface area contributed by atoms with E-state index in [9.17, 15) is 22.8 Å². The van der Waals surface area contributed by atoms with Crippen LogP contribution in [0.1, 0.15) is 47.2 Å². The molecule has 0 unspecified atom stereocenters. The second-order valence-corrected chi connectivity index (χ2v) is 11.8. The molecule has 0 spiro atoms. The summed E-state index contributed by atoms with van der Waals surface area (Å²) in [4.78, 5) is 42.0. The molecule has 1 heterocycles. The van der Waals surface area contributed by atoms with Crippen molar-refractivity contribution in [2.24, 2.45) is 0 Å². The lowest BCUT2D eigenvalue weighted by atomic mass is 10.0. The van der Waals surface area contributed by atoms with Gasteiger partial charge in [0.05, 0.1) is 5.56 Å². The first-order chi connectivity index (χ1) is 18.8. The maximum absolute atomic E-state index is 13.9. The van der Waals surface area contributed by atoms with E-state index in [1.165, 1.54) is 17.0 Å². The minimum atomic E-state index is -4.18. The highest BCUT2D eigenvalue weighted by Gasteiger charge is 2.43. The summed E-state index contributed by atoms with van der Waals surface area (Å²) in [7, 11) is -4.18. The van der Waals surface area contributed by atoms with Gasteiger partial charge in [0.2, 0.25) is 11.8 Å². The number of fused-ring (bicyclic) bond motifs is 1. The molecule has 1 aliphatic carbocycles. The standard InChI is InChI=1S/C30H31N3O5S/c34-28(21-33-30(36)25-17-9-10-18-27(25)39(33,37)38)32(20-23-13-5-2-6-14-23)26(19-22-11-3-1-4-12-22)29(35)31-24-15-7-8-16-24/h1-6,9-14,17-18,24,26H,7-8,15-16,19-21H2,(H,31,35)/t26-/m1/s1. The highest BCUT2D eigenvalue weighted by Crippen LogP contribution is 2.30. The van der Waals surface area contributed by atoms with Crippen molar-refractivity contribution >= 4 is 27.7 Å². The summed E-state index contributed by atoms with van der Waals surface area (Å²) in [5.74, 6) is -1.64. The predicted octanol–water partition coefficient (Wildman–Crippen LogP) is 3.53. The number of amides is 3. The van der Waals surface area contributed by atoms with Gasteiger partial charge in [0.1, 0.15) is 17.5 Å². The minimum absolute atomic E-state index is 0.0412. The summed E-state index contributed by atoms with van der Waals surface area (Å²) in [5.41, 5.74) is 1.70. The third-order valence-electron chi connectivity index (χ3n) is 7.36. The van der Waals surface area contributed by atoms with Gasteiger partial charge in [-0.15, -0.1) is 0 Å². The molecule has 3 amide bonds. The SMILES string of the molecule is O=C(NC1CCCC1)[C@@H](Cc1ccccc1)N(Cc1ccccc1)C(=O)CN1C(=O)c2ccccc2S1(=O)=O. The van der Waals surface area contributed by atoms with Crippen LogP contribution in [0.15, 0.2) is 89.8 Å². The molecule has 1 saturated carbocycles. The van der Waals surface area contributed by atoms with Crippen LogP contribution in [0, 0.1) is 0 Å². The van der Waals surface area contributed by atoms with Gasteiger partial charge in [0.15, 0.2) is 0 Å². The third kappa shape index (κ3) is 5.73. The summed E-state index contributed by atoms with van der Waals surface area (Å²) in [6.07, 6.45) is 4.09. The molecule has 1 atom stereocenters. The topological polar surface area (TPSA) is 104 Å². The van der Waals surface area contributed by atoms with Crippen LogP contribution < -0.4 is 5.32 Å². The highest BCUT2D eigenvalue weighted by molar-refractivity contribution is 7.90. The van der Waals surface area contributed by atoms with Crippen LogP contribution in [0.4, 0.5) is 0 Å². The van der Waals surface area contributed by atoms with E-state index in [-0.39, 0.29) is 35.4 Å². The fourth-order valence-corrected chi connectivity index (χ4v) is 6.82. The average molecular weight is 546 g/mol. The first kappa shape index (κ1) is 26.6. The van der Waals surface area contributed by atoms with E-state index in [0.717, 1.165) is 36.8 Å². The number of hydrogen-bond donors (Lipinski definition) is 1. The number of benzene rings is 3. The molecule has 1 aliphatic heterocycles. The molecule has 8 nitrogen and oxygen atoms in total. The molecule has 3 aromatic carbocycles. The number of sulfonamides is 1. The largest absolute Gasteiger partial charge is 0.352 e. The molecule has 1 fully saturated rings. The van der Waals surface area contributed by atoms with Gasteiger partial charge in [0, 0.05) is 19.0 Å². The van der Waals surface area contributed by atoms with Crippen LogP contribution in [0.2, 0.25) is 0 Å². The first-order valence-electron chi connectivity index (χ1n) is 13.2. The van der Waals surface area contributed by atoms with Crippen molar-refractivity contribution in [2.75, 3.05) is 6.54 Å². The Morgan fingerprint density at radius 2 is 1.46 bits per heavy atom. The molecule has 202 valence electrons. The van der Waals surface area contributed by atoms with Gasteiger partial charge in [-0.25, -0.2) is 12.7 Å². The molecular formula is C30H31N3O5S. The van der Waals surface area contributed by atoms with Gasteiger partial charge in [0.25, 0.3) is 15.9 Å². The highest BCUT2D eigenvalue weighted by atomic mass is 32.2. The number of carbonyl (C=O) groups excluding carboxylic acids is 3. The van der Waals surface area contributed by atoms with E-state index in [4.69, 9.17) is 0 Å². The molecule has 9 heteroatoms. The molecule has 3 aromatic rings. The lowest BCUT2D eigenvalue weighted by Gasteiger charge is -2.33. The Morgan fingerprint density at radius 3 is 2.10 bits per heavy atom. The quantitative estimate of drug-likeness (QED) is 0.443. The van der Waals surface area contributed by atoms with Crippen molar-refractivity contribution < 1.29 is 22.8 Å². The van der Waals surface area contributed by atoms with E-state index in [1.54, 1.807) is 12.1 Å². The zero-order chi connectivity index (χ0) is 27.4. The molecule has 39 heavy (non-hydrogen) atoms. The molecule has 5 rings (SSSR count). The normalized spacial score (nSPS) is 17.0. The van der Waals surface area contributed by atoms with Crippen molar-refractivity contribution in [3.63, 3.8) is 0 Å². The van der Waals surface area contributed by atoms with Gasteiger partial charge in [-0.3, -0.25) is 14.4 Å². The number of nitrogens with one attached hydrogen (secondary N) is 1. The van der Waals surface area contributed by atoms with Crippen molar-refractivity contribution in [3.8, 4) is 0 Å². The smallest absolute Gasteiger partial charge is 0.269 e. The van der Waals surface area contributed by atoms with E-state index >= 15 is 0 Å². The van der Waals surface area contributed by atoms with Crippen LogP contribution in [-0.4, -0.2) is 54.0 Å². The van der Waals surface area contributed by atoms with Crippen LogP contribution >= 0.6 is 0 Å². The van der Waals surface area contributed by atoms with E-state index in [0.29, 0.717) is 4.31 Å². The Kier molecular flexibility index (Phi) is 7.79. The average Bonchev–Trinajstić information content (AvgIpc) is 3.53. The van der Waals surface area contributed by atoms with Gasteiger partial charge < -0.3 is 10.2 Å².